The van der Waals surface area contributed by atoms with Crippen LogP contribution in [0.15, 0.2) is 12.1 Å². The number of halogens is 1. The van der Waals surface area contributed by atoms with Crippen molar-refractivity contribution in [3.8, 4) is 0 Å². The van der Waals surface area contributed by atoms with Gasteiger partial charge in [-0.2, -0.15) is 0 Å². The van der Waals surface area contributed by atoms with Gasteiger partial charge >= 0.3 is 0 Å². The van der Waals surface area contributed by atoms with Crippen molar-refractivity contribution in [2.45, 2.75) is 13.0 Å². The van der Waals surface area contributed by atoms with Gasteiger partial charge in [-0.3, -0.25) is 9.59 Å². The molecular formula is C10H12ClN3O3. The number of nitrogens with one attached hydrogen (secondary N) is 1. The summed E-state index contributed by atoms with van der Waals surface area (Å²) in [5, 5.41) is 11.7. The van der Waals surface area contributed by atoms with Crippen molar-refractivity contribution in [1.29, 1.82) is 0 Å². The van der Waals surface area contributed by atoms with Crippen LogP contribution in [0.3, 0.4) is 0 Å². The van der Waals surface area contributed by atoms with E-state index in [0.29, 0.717) is 11.3 Å². The van der Waals surface area contributed by atoms with Gasteiger partial charge in [0.25, 0.3) is 5.91 Å². The number of amides is 2. The fourth-order valence-corrected chi connectivity index (χ4v) is 1.40. The van der Waals surface area contributed by atoms with E-state index in [1.807, 2.05) is 0 Å². The largest absolute Gasteiger partial charge is 0.381 e. The van der Waals surface area contributed by atoms with Gasteiger partial charge in [-0.05, 0) is 19.1 Å². The molecule has 0 bridgehead atoms. The Morgan fingerprint density at radius 1 is 1.59 bits per heavy atom. The third kappa shape index (κ3) is 4.01. The summed E-state index contributed by atoms with van der Waals surface area (Å²) in [5.41, 5.74) is 5.74. The number of nitrogens with two attached hydrogens (primary N) is 1. The van der Waals surface area contributed by atoms with E-state index in [0.717, 1.165) is 0 Å². The molecule has 1 atom stereocenters. The summed E-state index contributed by atoms with van der Waals surface area (Å²) in [7, 11) is 0. The average Bonchev–Trinajstić information content (AvgIpc) is 2.23. The van der Waals surface area contributed by atoms with E-state index in [-0.39, 0.29) is 11.7 Å². The molecule has 0 spiro atoms. The molecule has 7 heteroatoms. The average molecular weight is 258 g/mol. The zero-order valence-corrected chi connectivity index (χ0v) is 9.86. The second kappa shape index (κ2) is 5.60. The van der Waals surface area contributed by atoms with Crippen LogP contribution in [0.5, 0.6) is 0 Å². The van der Waals surface area contributed by atoms with Crippen molar-refractivity contribution in [3.63, 3.8) is 0 Å². The van der Waals surface area contributed by atoms with Crippen LogP contribution in [0, 0.1) is 6.92 Å². The van der Waals surface area contributed by atoms with E-state index >= 15 is 0 Å². The third-order valence-electron chi connectivity index (χ3n) is 1.97. The van der Waals surface area contributed by atoms with Gasteiger partial charge in [-0.1, -0.05) is 11.6 Å². The van der Waals surface area contributed by atoms with Gasteiger partial charge in [-0.15, -0.1) is 0 Å². The first-order chi connectivity index (χ1) is 7.90. The predicted octanol–water partition coefficient (Wildman–Crippen LogP) is -0.381. The topological polar surface area (TPSA) is 105 Å². The number of pyridine rings is 1. The normalized spacial score (nSPS) is 11.9. The molecule has 1 rings (SSSR count). The number of hydrogen-bond donors (Lipinski definition) is 3. The number of hydrogen-bond acceptors (Lipinski definition) is 4. The van der Waals surface area contributed by atoms with Crippen LogP contribution in [-0.4, -0.2) is 34.6 Å². The molecule has 4 N–H and O–H groups in total. The molecule has 0 fully saturated rings. The summed E-state index contributed by atoms with van der Waals surface area (Å²) in [6, 6.07) is 2.93. The number of aliphatic hydroxyl groups is 1. The molecule has 0 radical (unpaired) electrons. The number of nitrogens with zero attached hydrogens (tertiary/aromatic N) is 1. The molecule has 1 aromatic heterocycles. The number of carbonyl (C=O) groups is 2. The Morgan fingerprint density at radius 2 is 2.24 bits per heavy atom. The van der Waals surface area contributed by atoms with E-state index in [2.05, 4.69) is 10.3 Å². The molecule has 0 saturated carbocycles. The molecular weight excluding hydrogens is 246 g/mol. The zero-order chi connectivity index (χ0) is 13.0. The highest BCUT2D eigenvalue weighted by atomic mass is 35.5. The molecule has 92 valence electrons. The van der Waals surface area contributed by atoms with Crippen LogP contribution < -0.4 is 11.1 Å². The molecule has 0 aliphatic carbocycles. The van der Waals surface area contributed by atoms with Crippen LogP contribution in [0.4, 0.5) is 0 Å². The highest BCUT2D eigenvalue weighted by Gasteiger charge is 2.13. The minimum Gasteiger partial charge on any atom is -0.381 e. The Balaban J connectivity index is 2.67. The van der Waals surface area contributed by atoms with E-state index in [9.17, 15) is 9.59 Å². The van der Waals surface area contributed by atoms with E-state index in [4.69, 9.17) is 22.4 Å². The van der Waals surface area contributed by atoms with Gasteiger partial charge in [0, 0.05) is 11.3 Å². The molecule has 17 heavy (non-hydrogen) atoms. The summed E-state index contributed by atoms with van der Waals surface area (Å²) < 4.78 is 0. The molecule has 2 amide bonds. The lowest BCUT2D eigenvalue weighted by Crippen LogP contribution is -2.40. The molecule has 0 aromatic carbocycles. The van der Waals surface area contributed by atoms with Crippen molar-refractivity contribution in [1.82, 2.24) is 10.3 Å². The van der Waals surface area contributed by atoms with Crippen molar-refractivity contribution >= 4 is 23.4 Å². The van der Waals surface area contributed by atoms with Gasteiger partial charge in [0.2, 0.25) is 5.91 Å². The Hall–Kier alpha value is -1.66. The first kappa shape index (κ1) is 13.4. The third-order valence-corrected chi connectivity index (χ3v) is 2.16. The standard InChI is InChI=1S/C10H12ClN3O3/c1-5-2-6(3-8(11)14-5)10(17)13-4-7(15)9(12)16/h2-3,7,15H,4H2,1H3,(H2,12,16)(H,13,17). The van der Waals surface area contributed by atoms with Gasteiger partial charge in [0.1, 0.15) is 11.3 Å². The quantitative estimate of drug-likeness (QED) is 0.639. The van der Waals surface area contributed by atoms with Crippen LogP contribution in [0.25, 0.3) is 0 Å². The predicted molar refractivity (Wildman–Crippen MR) is 61.5 cm³/mol. The highest BCUT2D eigenvalue weighted by Crippen LogP contribution is 2.10. The molecule has 1 heterocycles. The monoisotopic (exact) mass is 257 g/mol. The highest BCUT2D eigenvalue weighted by molar-refractivity contribution is 6.29. The lowest BCUT2D eigenvalue weighted by Gasteiger charge is -2.08. The maximum atomic E-state index is 11.6. The first-order valence-electron chi connectivity index (χ1n) is 4.80. The second-order valence-electron chi connectivity index (χ2n) is 3.45. The van der Waals surface area contributed by atoms with Crippen LogP contribution in [0.1, 0.15) is 16.1 Å². The lowest BCUT2D eigenvalue weighted by atomic mass is 10.2. The fraction of sp³-hybridized carbons (Fsp3) is 0.300. The number of aliphatic hydroxyl groups excluding tert-OH is 1. The Bertz CT molecular complexity index is 430. The summed E-state index contributed by atoms with van der Waals surface area (Å²) in [5.74, 6) is -1.35. The Labute approximate surface area is 103 Å². The first-order valence-corrected chi connectivity index (χ1v) is 5.17. The Kier molecular flexibility index (Phi) is 4.42. The summed E-state index contributed by atoms with van der Waals surface area (Å²) in [6.45, 7) is 1.45. The molecule has 0 aliphatic heterocycles. The summed E-state index contributed by atoms with van der Waals surface area (Å²) >= 11 is 5.69. The molecule has 0 aliphatic rings. The number of primary amides is 1. The number of carbonyl (C=O) groups excluding carboxylic acids is 2. The zero-order valence-electron chi connectivity index (χ0n) is 9.11. The van der Waals surface area contributed by atoms with E-state index < -0.39 is 17.9 Å². The van der Waals surface area contributed by atoms with Crippen molar-refractivity contribution in [3.05, 3.63) is 28.5 Å². The number of rotatable bonds is 4. The SMILES string of the molecule is Cc1cc(C(=O)NCC(O)C(N)=O)cc(Cl)n1. The van der Waals surface area contributed by atoms with Gasteiger partial charge in [0.15, 0.2) is 0 Å². The molecule has 1 aromatic rings. The number of aromatic nitrogens is 1. The van der Waals surface area contributed by atoms with Crippen LogP contribution >= 0.6 is 11.6 Å². The maximum Gasteiger partial charge on any atom is 0.251 e. The molecule has 1 unspecified atom stereocenters. The van der Waals surface area contributed by atoms with Crippen molar-refractivity contribution in [2.24, 2.45) is 5.73 Å². The van der Waals surface area contributed by atoms with Crippen molar-refractivity contribution in [2.75, 3.05) is 6.54 Å². The maximum absolute atomic E-state index is 11.6. The molecule has 6 nitrogen and oxygen atoms in total. The summed E-state index contributed by atoms with van der Waals surface area (Å²) in [6.07, 6.45) is -1.41. The van der Waals surface area contributed by atoms with Crippen molar-refractivity contribution < 1.29 is 14.7 Å². The Morgan fingerprint density at radius 3 is 2.76 bits per heavy atom. The number of aryl methyl sites for hydroxylation is 1. The van der Waals surface area contributed by atoms with Crippen LogP contribution in [0.2, 0.25) is 5.15 Å². The smallest absolute Gasteiger partial charge is 0.251 e. The van der Waals surface area contributed by atoms with Gasteiger partial charge < -0.3 is 16.2 Å². The summed E-state index contributed by atoms with van der Waals surface area (Å²) in [4.78, 5) is 26.1. The minimum absolute atomic E-state index is 0.200. The second-order valence-corrected chi connectivity index (χ2v) is 3.84. The minimum atomic E-state index is -1.41. The van der Waals surface area contributed by atoms with E-state index in [1.54, 1.807) is 6.92 Å². The molecule has 0 saturated heterocycles. The van der Waals surface area contributed by atoms with Crippen LogP contribution in [-0.2, 0) is 4.79 Å². The fourth-order valence-electron chi connectivity index (χ4n) is 1.15. The van der Waals surface area contributed by atoms with Gasteiger partial charge in [-0.25, -0.2) is 4.98 Å². The van der Waals surface area contributed by atoms with E-state index in [1.165, 1.54) is 12.1 Å². The lowest BCUT2D eigenvalue weighted by molar-refractivity contribution is -0.125. The van der Waals surface area contributed by atoms with Gasteiger partial charge in [0.05, 0.1) is 6.54 Å².